The molecule has 3 rings (SSSR count). The predicted octanol–water partition coefficient (Wildman–Crippen LogP) is 4.16. The lowest BCUT2D eigenvalue weighted by Gasteiger charge is -2.12. The highest BCUT2D eigenvalue weighted by Crippen LogP contribution is 2.39. The van der Waals surface area contributed by atoms with Gasteiger partial charge in [0.15, 0.2) is 11.0 Å². The largest absolute Gasteiger partial charge is 0.495 e. The Bertz CT molecular complexity index is 976. The fourth-order valence-electron chi connectivity index (χ4n) is 2.38. The molecule has 0 aliphatic rings. The van der Waals surface area contributed by atoms with E-state index < -0.39 is 5.97 Å². The van der Waals surface area contributed by atoms with E-state index in [2.05, 4.69) is 15.9 Å². The number of ether oxygens (including phenoxy) is 2. The van der Waals surface area contributed by atoms with Crippen molar-refractivity contribution in [2.45, 2.75) is 6.92 Å². The molecule has 0 amide bonds. The zero-order valence-corrected chi connectivity index (χ0v) is 14.5. The minimum absolute atomic E-state index is 0.103. The maximum Gasteiger partial charge on any atom is 0.308 e. The second-order valence-corrected chi connectivity index (χ2v) is 5.82. The third-order valence-electron chi connectivity index (χ3n) is 3.40. The number of rotatable bonds is 3. The van der Waals surface area contributed by atoms with Crippen molar-refractivity contribution in [3.05, 3.63) is 57.2 Å². The number of benzene rings is 2. The Kier molecular flexibility index (Phi) is 4.40. The van der Waals surface area contributed by atoms with Crippen molar-refractivity contribution >= 4 is 32.9 Å². The van der Waals surface area contributed by atoms with Crippen LogP contribution in [0.1, 0.15) is 6.92 Å². The summed E-state index contributed by atoms with van der Waals surface area (Å²) in [7, 11) is 1.47. The topological polar surface area (TPSA) is 65.7 Å². The summed E-state index contributed by atoms with van der Waals surface area (Å²) in [6.45, 7) is 1.26. The number of hydrogen-bond donors (Lipinski definition) is 0. The Morgan fingerprint density at radius 3 is 2.46 bits per heavy atom. The second kappa shape index (κ2) is 6.49. The molecule has 6 heteroatoms. The Balaban J connectivity index is 2.35. The van der Waals surface area contributed by atoms with Gasteiger partial charge in [0.1, 0.15) is 27.1 Å². The third-order valence-corrected chi connectivity index (χ3v) is 4.15. The summed E-state index contributed by atoms with van der Waals surface area (Å²) in [6, 6.07) is 12.1. The first-order chi connectivity index (χ1) is 11.5. The molecule has 0 fully saturated rings. The van der Waals surface area contributed by atoms with Crippen LogP contribution in [0, 0.1) is 0 Å². The van der Waals surface area contributed by atoms with Gasteiger partial charge in [-0.05, 0) is 15.9 Å². The summed E-state index contributed by atoms with van der Waals surface area (Å²) in [4.78, 5) is 23.9. The van der Waals surface area contributed by atoms with Gasteiger partial charge in [0.2, 0.25) is 0 Å². The average Bonchev–Trinajstić information content (AvgIpc) is 2.57. The summed E-state index contributed by atoms with van der Waals surface area (Å²) in [5.74, 6) is 0.376. The molecule has 122 valence electrons. The first-order valence-corrected chi connectivity index (χ1v) is 7.88. The summed E-state index contributed by atoms with van der Waals surface area (Å²) in [5.41, 5.74) is 0.715. The van der Waals surface area contributed by atoms with Gasteiger partial charge in [0, 0.05) is 24.6 Å². The van der Waals surface area contributed by atoms with Crippen molar-refractivity contribution in [2.75, 3.05) is 7.11 Å². The van der Waals surface area contributed by atoms with Crippen LogP contribution in [0.15, 0.2) is 56.1 Å². The Morgan fingerprint density at radius 2 is 1.83 bits per heavy atom. The van der Waals surface area contributed by atoms with E-state index in [0.29, 0.717) is 16.0 Å². The van der Waals surface area contributed by atoms with Gasteiger partial charge in [-0.1, -0.05) is 30.3 Å². The maximum absolute atomic E-state index is 12.6. The predicted molar refractivity (Wildman–Crippen MR) is 93.5 cm³/mol. The van der Waals surface area contributed by atoms with Gasteiger partial charge in [0.25, 0.3) is 0 Å². The van der Waals surface area contributed by atoms with E-state index in [0.717, 1.165) is 5.56 Å². The molecule has 1 aromatic heterocycles. The number of halogens is 1. The van der Waals surface area contributed by atoms with Crippen LogP contribution in [0.5, 0.6) is 11.5 Å². The standard InChI is InChI=1S/C18H13BrO5/c1-10(20)23-14-9-15(22-2)17(19)18-16(14)12(21)8-13(24-18)11-6-4-3-5-7-11/h3-9H,1-2H3. The average molecular weight is 389 g/mol. The molecule has 0 radical (unpaired) electrons. The molecule has 0 aliphatic heterocycles. The van der Waals surface area contributed by atoms with Crippen molar-refractivity contribution in [3.8, 4) is 22.8 Å². The van der Waals surface area contributed by atoms with Gasteiger partial charge < -0.3 is 13.9 Å². The molecule has 0 spiro atoms. The van der Waals surface area contributed by atoms with Gasteiger partial charge in [-0.25, -0.2) is 0 Å². The maximum atomic E-state index is 12.6. The molecule has 0 N–H and O–H groups in total. The highest BCUT2D eigenvalue weighted by molar-refractivity contribution is 9.10. The third kappa shape index (κ3) is 2.92. The Morgan fingerprint density at radius 1 is 1.12 bits per heavy atom. The van der Waals surface area contributed by atoms with Crippen LogP contribution < -0.4 is 14.9 Å². The fraction of sp³-hybridized carbons (Fsp3) is 0.111. The zero-order chi connectivity index (χ0) is 17.3. The normalized spacial score (nSPS) is 10.6. The van der Waals surface area contributed by atoms with Crippen molar-refractivity contribution in [1.82, 2.24) is 0 Å². The number of esters is 1. The lowest BCUT2D eigenvalue weighted by molar-refractivity contribution is -0.131. The van der Waals surface area contributed by atoms with E-state index >= 15 is 0 Å². The fourth-order valence-corrected chi connectivity index (χ4v) is 2.93. The molecular formula is C18H13BrO5. The molecule has 1 heterocycles. The first kappa shape index (κ1) is 16.3. The summed E-state index contributed by atoms with van der Waals surface area (Å²) in [5, 5.41) is 0.178. The number of methoxy groups -OCH3 is 1. The summed E-state index contributed by atoms with van der Waals surface area (Å²) >= 11 is 3.39. The smallest absolute Gasteiger partial charge is 0.308 e. The Labute approximate surface area is 145 Å². The lowest BCUT2D eigenvalue weighted by atomic mass is 10.1. The SMILES string of the molecule is COc1cc(OC(C)=O)c2c(=O)cc(-c3ccccc3)oc2c1Br. The number of carbonyl (C=O) groups excluding carboxylic acids is 1. The zero-order valence-electron chi connectivity index (χ0n) is 13.0. The van der Waals surface area contributed by atoms with Crippen molar-refractivity contribution in [3.63, 3.8) is 0 Å². The molecule has 5 nitrogen and oxygen atoms in total. The molecule has 0 saturated heterocycles. The van der Waals surface area contributed by atoms with Gasteiger partial charge >= 0.3 is 5.97 Å². The molecule has 24 heavy (non-hydrogen) atoms. The van der Waals surface area contributed by atoms with E-state index in [4.69, 9.17) is 13.9 Å². The minimum Gasteiger partial charge on any atom is -0.495 e. The second-order valence-electron chi connectivity index (χ2n) is 5.03. The van der Waals surface area contributed by atoms with E-state index in [1.165, 1.54) is 26.2 Å². The van der Waals surface area contributed by atoms with Gasteiger partial charge in [0.05, 0.1) is 7.11 Å². The molecule has 0 bridgehead atoms. The quantitative estimate of drug-likeness (QED) is 0.497. The molecule has 0 aliphatic carbocycles. The van der Waals surface area contributed by atoms with E-state index in [1.54, 1.807) is 0 Å². The van der Waals surface area contributed by atoms with Crippen LogP contribution >= 0.6 is 15.9 Å². The lowest BCUT2D eigenvalue weighted by Crippen LogP contribution is -2.08. The molecule has 2 aromatic carbocycles. The summed E-state index contributed by atoms with van der Waals surface area (Å²) in [6.07, 6.45) is 0. The molecule has 0 saturated carbocycles. The highest BCUT2D eigenvalue weighted by atomic mass is 79.9. The van der Waals surface area contributed by atoms with Crippen LogP contribution in [-0.4, -0.2) is 13.1 Å². The van der Waals surface area contributed by atoms with Crippen molar-refractivity contribution < 1.29 is 18.7 Å². The Hall–Kier alpha value is -2.60. The number of carbonyl (C=O) groups is 1. The van der Waals surface area contributed by atoms with Crippen LogP contribution in [0.3, 0.4) is 0 Å². The van der Waals surface area contributed by atoms with Crippen molar-refractivity contribution in [2.24, 2.45) is 0 Å². The minimum atomic E-state index is -0.535. The highest BCUT2D eigenvalue weighted by Gasteiger charge is 2.19. The van der Waals surface area contributed by atoms with E-state index in [9.17, 15) is 9.59 Å². The molecule has 0 atom stereocenters. The van der Waals surface area contributed by atoms with Crippen molar-refractivity contribution in [1.29, 1.82) is 0 Å². The van der Waals surface area contributed by atoms with Gasteiger partial charge in [-0.15, -0.1) is 0 Å². The van der Waals surface area contributed by atoms with Gasteiger partial charge in [-0.3, -0.25) is 9.59 Å². The van der Waals surface area contributed by atoms with Crippen LogP contribution in [0.2, 0.25) is 0 Å². The number of hydrogen-bond acceptors (Lipinski definition) is 5. The molecular weight excluding hydrogens is 376 g/mol. The monoisotopic (exact) mass is 388 g/mol. The van der Waals surface area contributed by atoms with Gasteiger partial charge in [-0.2, -0.15) is 0 Å². The summed E-state index contributed by atoms with van der Waals surface area (Å²) < 4.78 is 16.8. The van der Waals surface area contributed by atoms with E-state index in [-0.39, 0.29) is 22.1 Å². The molecule has 0 unspecified atom stereocenters. The van der Waals surface area contributed by atoms with Crippen LogP contribution in [0.4, 0.5) is 0 Å². The molecule has 3 aromatic rings. The first-order valence-electron chi connectivity index (χ1n) is 7.09. The van der Waals surface area contributed by atoms with E-state index in [1.807, 2.05) is 30.3 Å². The van der Waals surface area contributed by atoms with Crippen LogP contribution in [0.25, 0.3) is 22.3 Å². The van der Waals surface area contributed by atoms with Crippen LogP contribution in [-0.2, 0) is 4.79 Å². The number of fused-ring (bicyclic) bond motifs is 1.